The van der Waals surface area contributed by atoms with Crippen LogP contribution in [0, 0.1) is 6.92 Å². The lowest BCUT2D eigenvalue weighted by Crippen LogP contribution is -1.93. The van der Waals surface area contributed by atoms with Crippen molar-refractivity contribution >= 4 is 11.4 Å². The van der Waals surface area contributed by atoms with Crippen LogP contribution in [0.1, 0.15) is 31.5 Å². The molecule has 0 saturated heterocycles. The van der Waals surface area contributed by atoms with Crippen molar-refractivity contribution in [3.63, 3.8) is 0 Å². The molecule has 1 aromatic heterocycles. The molecule has 0 atom stereocenters. The summed E-state index contributed by atoms with van der Waals surface area (Å²) in [6.45, 7) is 10.2. The first kappa shape index (κ1) is 11.6. The summed E-state index contributed by atoms with van der Waals surface area (Å²) in [7, 11) is 1.88. The number of H-pyrrole nitrogens is 1. The van der Waals surface area contributed by atoms with Gasteiger partial charge >= 0.3 is 0 Å². The maximum absolute atomic E-state index is 4.18. The summed E-state index contributed by atoms with van der Waals surface area (Å²) in [5.41, 5.74) is 4.55. The second-order valence-electron chi connectivity index (χ2n) is 3.66. The zero-order valence-corrected chi connectivity index (χ0v) is 9.94. The predicted molar refractivity (Wildman–Crippen MR) is 66.0 cm³/mol. The van der Waals surface area contributed by atoms with Gasteiger partial charge in [-0.05, 0) is 25.8 Å². The molecule has 1 aromatic rings. The van der Waals surface area contributed by atoms with Gasteiger partial charge < -0.3 is 5.32 Å². The molecule has 15 heavy (non-hydrogen) atoms. The summed E-state index contributed by atoms with van der Waals surface area (Å²) in [4.78, 5) is 0. The molecule has 0 aliphatic heterocycles. The number of aryl methyl sites for hydroxylation is 1. The molecule has 82 valence electrons. The van der Waals surface area contributed by atoms with Crippen molar-refractivity contribution in [3.8, 4) is 0 Å². The second kappa shape index (κ2) is 4.82. The average molecular weight is 205 g/mol. The summed E-state index contributed by atoms with van der Waals surface area (Å²) in [5.74, 6) is 0.894. The van der Waals surface area contributed by atoms with Gasteiger partial charge in [0.15, 0.2) is 5.82 Å². The van der Waals surface area contributed by atoms with Crippen LogP contribution in [0.2, 0.25) is 0 Å². The van der Waals surface area contributed by atoms with E-state index in [9.17, 15) is 0 Å². The number of nitrogens with one attached hydrogen (secondary N) is 2. The van der Waals surface area contributed by atoms with E-state index >= 15 is 0 Å². The fourth-order valence-corrected chi connectivity index (χ4v) is 1.57. The largest absolute Gasteiger partial charge is 0.371 e. The Morgan fingerprint density at radius 1 is 1.60 bits per heavy atom. The minimum atomic E-state index is 0.894. The molecule has 0 fully saturated rings. The lowest BCUT2D eigenvalue weighted by molar-refractivity contribution is 1.05. The quantitative estimate of drug-likeness (QED) is 0.741. The molecule has 2 N–H and O–H groups in total. The lowest BCUT2D eigenvalue weighted by Gasteiger charge is -2.04. The van der Waals surface area contributed by atoms with Crippen LogP contribution >= 0.6 is 0 Å². The maximum atomic E-state index is 4.18. The SMILES string of the molecule is C=C(C=C(C)c1c(NC)n[nH]c1C)CC. The van der Waals surface area contributed by atoms with Crippen LogP contribution in [0.5, 0.6) is 0 Å². The van der Waals surface area contributed by atoms with Crippen molar-refractivity contribution in [2.45, 2.75) is 27.2 Å². The minimum Gasteiger partial charge on any atom is -0.371 e. The number of anilines is 1. The Bertz CT molecular complexity index is 386. The standard InChI is InChI=1S/C12H19N3/c1-6-8(2)7-9(3)11-10(4)14-15-12(11)13-5/h7H,2,6H2,1,3-5H3,(H2,13,14,15). The van der Waals surface area contributed by atoms with Gasteiger partial charge in [-0.25, -0.2) is 0 Å². The van der Waals surface area contributed by atoms with Crippen molar-refractivity contribution in [1.82, 2.24) is 10.2 Å². The minimum absolute atomic E-state index is 0.894. The molecule has 0 spiro atoms. The summed E-state index contributed by atoms with van der Waals surface area (Å²) in [5, 5.41) is 10.2. The van der Waals surface area contributed by atoms with Gasteiger partial charge in [0.1, 0.15) is 0 Å². The third kappa shape index (κ3) is 2.49. The monoisotopic (exact) mass is 205 g/mol. The molecule has 0 aromatic carbocycles. The van der Waals surface area contributed by atoms with E-state index in [1.807, 2.05) is 14.0 Å². The third-order valence-electron chi connectivity index (χ3n) is 2.45. The molecule has 1 rings (SSSR count). The highest BCUT2D eigenvalue weighted by molar-refractivity contribution is 5.76. The Morgan fingerprint density at radius 3 is 2.80 bits per heavy atom. The van der Waals surface area contributed by atoms with E-state index in [0.29, 0.717) is 0 Å². The van der Waals surface area contributed by atoms with E-state index < -0.39 is 0 Å². The van der Waals surface area contributed by atoms with E-state index in [4.69, 9.17) is 0 Å². The van der Waals surface area contributed by atoms with Gasteiger partial charge in [-0.2, -0.15) is 5.10 Å². The molecule has 0 radical (unpaired) electrons. The Hall–Kier alpha value is -1.51. The Labute approximate surface area is 91.3 Å². The molecule has 3 heteroatoms. The van der Waals surface area contributed by atoms with Crippen LogP contribution < -0.4 is 5.32 Å². The number of nitrogens with zero attached hydrogens (tertiary/aromatic N) is 1. The van der Waals surface area contributed by atoms with Crippen LogP contribution in [0.3, 0.4) is 0 Å². The molecule has 0 bridgehead atoms. The van der Waals surface area contributed by atoms with Crippen molar-refractivity contribution in [2.75, 3.05) is 12.4 Å². The van der Waals surface area contributed by atoms with Gasteiger partial charge in [-0.15, -0.1) is 0 Å². The second-order valence-corrected chi connectivity index (χ2v) is 3.66. The van der Waals surface area contributed by atoms with Crippen molar-refractivity contribution in [2.24, 2.45) is 0 Å². The number of hydrogen-bond donors (Lipinski definition) is 2. The van der Waals surface area contributed by atoms with Crippen molar-refractivity contribution < 1.29 is 0 Å². The Kier molecular flexibility index (Phi) is 3.72. The molecule has 0 aliphatic rings. The number of rotatable bonds is 4. The number of allylic oxidation sites excluding steroid dienone is 3. The van der Waals surface area contributed by atoms with Crippen molar-refractivity contribution in [3.05, 3.63) is 29.5 Å². The third-order valence-corrected chi connectivity index (χ3v) is 2.45. The highest BCUT2D eigenvalue weighted by Gasteiger charge is 2.10. The van der Waals surface area contributed by atoms with Crippen LogP contribution in [-0.4, -0.2) is 17.2 Å². The zero-order valence-electron chi connectivity index (χ0n) is 9.94. The van der Waals surface area contributed by atoms with Gasteiger partial charge in [0.05, 0.1) is 0 Å². The van der Waals surface area contributed by atoms with E-state index in [0.717, 1.165) is 29.1 Å². The topological polar surface area (TPSA) is 40.7 Å². The van der Waals surface area contributed by atoms with Crippen LogP contribution in [0.25, 0.3) is 5.57 Å². The Balaban J connectivity index is 3.09. The first-order chi connectivity index (χ1) is 7.10. The first-order valence-electron chi connectivity index (χ1n) is 5.19. The number of aromatic nitrogens is 2. The molecular formula is C12H19N3. The normalized spacial score (nSPS) is 11.6. The zero-order chi connectivity index (χ0) is 11.4. The number of aromatic amines is 1. The van der Waals surface area contributed by atoms with Crippen LogP contribution in [0.4, 0.5) is 5.82 Å². The molecule has 0 amide bonds. The lowest BCUT2D eigenvalue weighted by atomic mass is 10.0. The average Bonchev–Trinajstić information content (AvgIpc) is 2.59. The number of hydrogen-bond acceptors (Lipinski definition) is 2. The van der Waals surface area contributed by atoms with Gasteiger partial charge in [0.25, 0.3) is 0 Å². The summed E-state index contributed by atoms with van der Waals surface area (Å²) in [6.07, 6.45) is 3.09. The molecule has 0 unspecified atom stereocenters. The van der Waals surface area contributed by atoms with E-state index in [1.165, 1.54) is 5.57 Å². The fourth-order valence-electron chi connectivity index (χ4n) is 1.57. The Morgan fingerprint density at radius 2 is 2.27 bits per heavy atom. The first-order valence-corrected chi connectivity index (χ1v) is 5.19. The van der Waals surface area contributed by atoms with Crippen LogP contribution in [-0.2, 0) is 0 Å². The highest BCUT2D eigenvalue weighted by atomic mass is 15.2. The summed E-state index contributed by atoms with van der Waals surface area (Å²) >= 11 is 0. The summed E-state index contributed by atoms with van der Waals surface area (Å²) in [6, 6.07) is 0. The molecule has 1 heterocycles. The van der Waals surface area contributed by atoms with Gasteiger partial charge in [-0.3, -0.25) is 5.10 Å². The maximum Gasteiger partial charge on any atom is 0.155 e. The molecule has 0 saturated carbocycles. The van der Waals surface area contributed by atoms with E-state index in [1.54, 1.807) is 0 Å². The smallest absolute Gasteiger partial charge is 0.155 e. The summed E-state index contributed by atoms with van der Waals surface area (Å²) < 4.78 is 0. The van der Waals surface area contributed by atoms with E-state index in [-0.39, 0.29) is 0 Å². The highest BCUT2D eigenvalue weighted by Crippen LogP contribution is 2.25. The van der Waals surface area contributed by atoms with E-state index in [2.05, 4.69) is 42.0 Å². The molecule has 0 aliphatic carbocycles. The van der Waals surface area contributed by atoms with Gasteiger partial charge in [0.2, 0.25) is 0 Å². The van der Waals surface area contributed by atoms with Crippen LogP contribution in [0.15, 0.2) is 18.2 Å². The fraction of sp³-hybridized carbons (Fsp3) is 0.417. The molecular weight excluding hydrogens is 186 g/mol. The van der Waals surface area contributed by atoms with Gasteiger partial charge in [0, 0.05) is 18.3 Å². The molecule has 3 nitrogen and oxygen atoms in total. The predicted octanol–water partition coefficient (Wildman–Crippen LogP) is 3.13. The van der Waals surface area contributed by atoms with Crippen molar-refractivity contribution in [1.29, 1.82) is 0 Å². The van der Waals surface area contributed by atoms with Gasteiger partial charge in [-0.1, -0.05) is 25.2 Å².